The molecule has 1 atom stereocenters. The maximum atomic E-state index is 12.3. The van der Waals surface area contributed by atoms with Gasteiger partial charge in [0.15, 0.2) is 0 Å². The third kappa shape index (κ3) is 8.63. The molecule has 1 aliphatic heterocycles. The molecule has 0 radical (unpaired) electrons. The minimum atomic E-state index is 0. The minimum Gasteiger partial charge on any atom is -0.355 e. The minimum absolute atomic E-state index is 0. The highest BCUT2D eigenvalue weighted by Gasteiger charge is 2.33. The molecule has 2 aliphatic rings. The Morgan fingerprint density at radius 1 is 1.08 bits per heavy atom. The van der Waals surface area contributed by atoms with Gasteiger partial charge in [0.2, 0.25) is 5.91 Å². The van der Waals surface area contributed by atoms with Gasteiger partial charge in [-0.3, -0.25) is 9.69 Å². The average Bonchev–Trinajstić information content (AvgIpc) is 2.54. The first-order chi connectivity index (χ1) is 10.5. The Labute approximate surface area is 172 Å². The SMILES string of the molecule is CC(CNC(=O)CC1(CN)CCCCC1)N1CCN(C)CC1.Cl.Cl.Cl. The van der Waals surface area contributed by atoms with Gasteiger partial charge in [0.25, 0.3) is 0 Å². The van der Waals surface area contributed by atoms with Crippen LogP contribution < -0.4 is 11.1 Å². The fourth-order valence-corrected chi connectivity index (χ4v) is 3.81. The molecular formula is C17H37Cl3N4O. The fourth-order valence-electron chi connectivity index (χ4n) is 3.81. The average molecular weight is 420 g/mol. The lowest BCUT2D eigenvalue weighted by atomic mass is 9.71. The number of piperazine rings is 1. The van der Waals surface area contributed by atoms with Crippen molar-refractivity contribution < 1.29 is 4.79 Å². The highest BCUT2D eigenvalue weighted by Crippen LogP contribution is 2.38. The Morgan fingerprint density at radius 3 is 2.16 bits per heavy atom. The number of carbonyl (C=O) groups excluding carboxylic acids is 1. The Morgan fingerprint density at radius 2 is 1.64 bits per heavy atom. The van der Waals surface area contributed by atoms with E-state index in [2.05, 4.69) is 29.1 Å². The van der Waals surface area contributed by atoms with E-state index in [0.29, 0.717) is 19.0 Å². The Hall–Kier alpha value is 0.220. The molecule has 1 saturated carbocycles. The monoisotopic (exact) mass is 418 g/mol. The van der Waals surface area contributed by atoms with E-state index < -0.39 is 0 Å². The molecule has 5 nitrogen and oxygen atoms in total. The van der Waals surface area contributed by atoms with E-state index in [0.717, 1.165) is 45.6 Å². The number of rotatable bonds is 6. The maximum absolute atomic E-state index is 12.3. The van der Waals surface area contributed by atoms with Gasteiger partial charge in [-0.2, -0.15) is 0 Å². The lowest BCUT2D eigenvalue weighted by Gasteiger charge is -2.37. The number of amides is 1. The molecule has 0 aromatic rings. The number of hydrogen-bond donors (Lipinski definition) is 2. The number of nitrogens with one attached hydrogen (secondary N) is 1. The quantitative estimate of drug-likeness (QED) is 0.693. The summed E-state index contributed by atoms with van der Waals surface area (Å²) in [6, 6.07) is 0.415. The largest absolute Gasteiger partial charge is 0.355 e. The van der Waals surface area contributed by atoms with E-state index >= 15 is 0 Å². The first kappa shape index (κ1) is 27.4. The Bertz CT molecular complexity index is 360. The maximum Gasteiger partial charge on any atom is 0.220 e. The molecule has 0 aromatic heterocycles. The van der Waals surface area contributed by atoms with Gasteiger partial charge in [0.1, 0.15) is 0 Å². The van der Waals surface area contributed by atoms with Gasteiger partial charge < -0.3 is 16.0 Å². The van der Waals surface area contributed by atoms with Crippen LogP contribution in [0.25, 0.3) is 0 Å². The molecule has 1 amide bonds. The van der Waals surface area contributed by atoms with Crippen LogP contribution in [0.4, 0.5) is 0 Å². The van der Waals surface area contributed by atoms with Gasteiger partial charge in [-0.15, -0.1) is 37.2 Å². The van der Waals surface area contributed by atoms with Crippen LogP contribution in [0, 0.1) is 5.41 Å². The zero-order chi connectivity index (χ0) is 16.0. The number of nitrogens with two attached hydrogens (primary N) is 1. The van der Waals surface area contributed by atoms with Crippen molar-refractivity contribution in [3.63, 3.8) is 0 Å². The molecule has 1 unspecified atom stereocenters. The van der Waals surface area contributed by atoms with E-state index in [4.69, 9.17) is 5.73 Å². The van der Waals surface area contributed by atoms with Crippen LogP contribution in [0.3, 0.4) is 0 Å². The standard InChI is InChI=1S/C17H34N4O.3ClH/c1-15(21-10-8-20(2)9-11-21)13-19-16(22)12-17(14-18)6-4-3-5-7-17;;;/h15H,3-14,18H2,1-2H3,(H,19,22);3*1H. The molecule has 1 saturated heterocycles. The van der Waals surface area contributed by atoms with Crippen molar-refractivity contribution in [1.29, 1.82) is 0 Å². The van der Waals surface area contributed by atoms with E-state index in [9.17, 15) is 4.79 Å². The molecule has 1 aliphatic carbocycles. The molecule has 0 bridgehead atoms. The summed E-state index contributed by atoms with van der Waals surface area (Å²) in [5.74, 6) is 0.188. The lowest BCUT2D eigenvalue weighted by molar-refractivity contribution is -0.124. The van der Waals surface area contributed by atoms with Crippen molar-refractivity contribution in [3.05, 3.63) is 0 Å². The summed E-state index contributed by atoms with van der Waals surface area (Å²) in [6.45, 7) is 8.05. The van der Waals surface area contributed by atoms with Crippen LogP contribution in [0.1, 0.15) is 45.4 Å². The highest BCUT2D eigenvalue weighted by molar-refractivity contribution is 5.86. The summed E-state index contributed by atoms with van der Waals surface area (Å²) in [6.07, 6.45) is 6.59. The number of carbonyl (C=O) groups is 1. The Kier molecular flexibility index (Phi) is 14.7. The summed E-state index contributed by atoms with van der Waals surface area (Å²) in [4.78, 5) is 17.2. The van der Waals surface area contributed by atoms with Crippen molar-refractivity contribution >= 4 is 43.1 Å². The van der Waals surface area contributed by atoms with Crippen molar-refractivity contribution in [2.45, 2.75) is 51.5 Å². The summed E-state index contributed by atoms with van der Waals surface area (Å²) >= 11 is 0. The van der Waals surface area contributed by atoms with Crippen LogP contribution in [-0.2, 0) is 4.79 Å². The topological polar surface area (TPSA) is 61.6 Å². The summed E-state index contributed by atoms with van der Waals surface area (Å²) < 4.78 is 0. The zero-order valence-electron chi connectivity index (χ0n) is 15.7. The molecule has 1 heterocycles. The molecule has 0 spiro atoms. The third-order valence-electron chi connectivity index (χ3n) is 5.64. The van der Waals surface area contributed by atoms with E-state index in [1.165, 1.54) is 19.3 Å². The number of nitrogens with zero attached hydrogens (tertiary/aromatic N) is 2. The molecule has 8 heteroatoms. The van der Waals surface area contributed by atoms with Crippen molar-refractivity contribution in [3.8, 4) is 0 Å². The summed E-state index contributed by atoms with van der Waals surface area (Å²) in [7, 11) is 2.17. The Balaban J connectivity index is 0. The molecule has 152 valence electrons. The van der Waals surface area contributed by atoms with Crippen molar-refractivity contribution in [1.82, 2.24) is 15.1 Å². The second kappa shape index (κ2) is 13.4. The molecule has 2 rings (SSSR count). The molecule has 3 N–H and O–H groups in total. The fraction of sp³-hybridized carbons (Fsp3) is 0.941. The van der Waals surface area contributed by atoms with Crippen LogP contribution >= 0.6 is 37.2 Å². The normalized spacial score (nSPS) is 21.9. The second-order valence-electron chi connectivity index (χ2n) is 7.43. The van der Waals surface area contributed by atoms with E-state index in [-0.39, 0.29) is 48.5 Å². The zero-order valence-corrected chi connectivity index (χ0v) is 18.1. The van der Waals surface area contributed by atoms with E-state index in [1.807, 2.05) is 0 Å². The first-order valence-corrected chi connectivity index (χ1v) is 8.94. The van der Waals surface area contributed by atoms with Crippen molar-refractivity contribution in [2.24, 2.45) is 11.1 Å². The van der Waals surface area contributed by atoms with Gasteiger partial charge in [-0.05, 0) is 38.8 Å². The van der Waals surface area contributed by atoms with Gasteiger partial charge in [-0.1, -0.05) is 19.3 Å². The van der Waals surface area contributed by atoms with Crippen LogP contribution in [0.2, 0.25) is 0 Å². The number of hydrogen-bond acceptors (Lipinski definition) is 4. The van der Waals surface area contributed by atoms with Crippen LogP contribution in [0.15, 0.2) is 0 Å². The van der Waals surface area contributed by atoms with Crippen LogP contribution in [0.5, 0.6) is 0 Å². The predicted octanol–water partition coefficient (Wildman–Crippen LogP) is 2.30. The number of likely N-dealkylation sites (N-methyl/N-ethyl adjacent to an activating group) is 1. The molecule has 0 aromatic carbocycles. The van der Waals surface area contributed by atoms with Gasteiger partial charge >= 0.3 is 0 Å². The summed E-state index contributed by atoms with van der Waals surface area (Å²) in [5.41, 5.74) is 6.05. The molecule has 2 fully saturated rings. The van der Waals surface area contributed by atoms with E-state index in [1.54, 1.807) is 0 Å². The third-order valence-corrected chi connectivity index (χ3v) is 5.64. The smallest absolute Gasteiger partial charge is 0.220 e. The predicted molar refractivity (Wildman–Crippen MR) is 112 cm³/mol. The lowest BCUT2D eigenvalue weighted by Crippen LogP contribution is -2.51. The molecular weight excluding hydrogens is 383 g/mol. The summed E-state index contributed by atoms with van der Waals surface area (Å²) in [5, 5.41) is 3.15. The molecule has 25 heavy (non-hydrogen) atoms. The van der Waals surface area contributed by atoms with Gasteiger partial charge in [-0.25, -0.2) is 0 Å². The first-order valence-electron chi connectivity index (χ1n) is 8.94. The second-order valence-corrected chi connectivity index (χ2v) is 7.43. The van der Waals surface area contributed by atoms with Crippen molar-refractivity contribution in [2.75, 3.05) is 46.3 Å². The number of halogens is 3. The van der Waals surface area contributed by atoms with Gasteiger partial charge in [0, 0.05) is 45.2 Å². The highest BCUT2D eigenvalue weighted by atomic mass is 35.5. The van der Waals surface area contributed by atoms with Gasteiger partial charge in [0.05, 0.1) is 0 Å². The van der Waals surface area contributed by atoms with Crippen LogP contribution in [-0.4, -0.2) is 68.1 Å².